The predicted molar refractivity (Wildman–Crippen MR) is 86.9 cm³/mol. The van der Waals surface area contributed by atoms with E-state index < -0.39 is 0 Å². The third-order valence-corrected chi connectivity index (χ3v) is 4.16. The molecule has 2 unspecified atom stereocenters. The maximum atomic E-state index is 6.17. The standard InChI is InChI=1S/C18H29NO2/c1-5-19-18-16-12-15(20-4)9-8-14(16)11-17(18)21-10-6-7-13(2)3/h8-9,12-13,17-19H,5-7,10-11H2,1-4H3. The summed E-state index contributed by atoms with van der Waals surface area (Å²) in [7, 11) is 1.72. The monoisotopic (exact) mass is 291 g/mol. The Kier molecular flexibility index (Phi) is 6.07. The highest BCUT2D eigenvalue weighted by atomic mass is 16.5. The van der Waals surface area contributed by atoms with Crippen LogP contribution in [0.25, 0.3) is 0 Å². The van der Waals surface area contributed by atoms with Crippen molar-refractivity contribution in [3.05, 3.63) is 29.3 Å². The van der Waals surface area contributed by atoms with Crippen molar-refractivity contribution in [2.75, 3.05) is 20.3 Å². The van der Waals surface area contributed by atoms with Crippen LogP contribution in [0.3, 0.4) is 0 Å². The minimum atomic E-state index is 0.249. The largest absolute Gasteiger partial charge is 0.497 e. The van der Waals surface area contributed by atoms with Crippen LogP contribution in [0.4, 0.5) is 0 Å². The molecule has 0 radical (unpaired) electrons. The smallest absolute Gasteiger partial charge is 0.119 e. The van der Waals surface area contributed by atoms with E-state index in [2.05, 4.69) is 38.2 Å². The number of fused-ring (bicyclic) bond motifs is 1. The van der Waals surface area contributed by atoms with Crippen LogP contribution >= 0.6 is 0 Å². The van der Waals surface area contributed by atoms with Crippen molar-refractivity contribution < 1.29 is 9.47 Å². The lowest BCUT2D eigenvalue weighted by atomic mass is 10.1. The molecule has 2 atom stereocenters. The minimum absolute atomic E-state index is 0.249. The van der Waals surface area contributed by atoms with Crippen molar-refractivity contribution in [1.29, 1.82) is 0 Å². The molecule has 0 amide bonds. The van der Waals surface area contributed by atoms with Crippen LogP contribution in [0.5, 0.6) is 5.75 Å². The first-order chi connectivity index (χ1) is 10.2. The van der Waals surface area contributed by atoms with E-state index in [1.54, 1.807) is 7.11 Å². The Hall–Kier alpha value is -1.06. The number of methoxy groups -OCH3 is 1. The molecule has 1 N–H and O–H groups in total. The van der Waals surface area contributed by atoms with Crippen LogP contribution in [0.2, 0.25) is 0 Å². The lowest BCUT2D eigenvalue weighted by Crippen LogP contribution is -2.31. The lowest BCUT2D eigenvalue weighted by molar-refractivity contribution is 0.0318. The normalized spacial score (nSPS) is 20.8. The average molecular weight is 291 g/mol. The lowest BCUT2D eigenvalue weighted by Gasteiger charge is -2.22. The van der Waals surface area contributed by atoms with E-state index >= 15 is 0 Å². The molecule has 0 bridgehead atoms. The second kappa shape index (κ2) is 7.81. The zero-order valence-corrected chi connectivity index (χ0v) is 13.8. The van der Waals surface area contributed by atoms with E-state index in [0.717, 1.165) is 37.7 Å². The Morgan fingerprint density at radius 1 is 1.33 bits per heavy atom. The van der Waals surface area contributed by atoms with Gasteiger partial charge in [0.1, 0.15) is 5.75 Å². The van der Waals surface area contributed by atoms with Gasteiger partial charge < -0.3 is 14.8 Å². The summed E-state index contributed by atoms with van der Waals surface area (Å²) >= 11 is 0. The first-order valence-electron chi connectivity index (χ1n) is 8.17. The van der Waals surface area contributed by atoms with Crippen molar-refractivity contribution in [2.45, 2.75) is 52.2 Å². The highest BCUT2D eigenvalue weighted by Crippen LogP contribution is 2.35. The molecule has 0 aliphatic heterocycles. The molecule has 0 heterocycles. The molecule has 0 fully saturated rings. The van der Waals surface area contributed by atoms with Gasteiger partial charge in [0.2, 0.25) is 0 Å². The van der Waals surface area contributed by atoms with E-state index in [-0.39, 0.29) is 6.10 Å². The minimum Gasteiger partial charge on any atom is -0.497 e. The zero-order valence-electron chi connectivity index (χ0n) is 13.8. The summed E-state index contributed by atoms with van der Waals surface area (Å²) in [5.74, 6) is 1.68. The van der Waals surface area contributed by atoms with Gasteiger partial charge in [0.25, 0.3) is 0 Å². The number of rotatable bonds is 8. The van der Waals surface area contributed by atoms with Gasteiger partial charge in [-0.2, -0.15) is 0 Å². The highest BCUT2D eigenvalue weighted by molar-refractivity contribution is 5.42. The molecule has 1 aromatic rings. The molecule has 0 saturated heterocycles. The van der Waals surface area contributed by atoms with E-state index in [1.807, 2.05) is 6.07 Å². The van der Waals surface area contributed by atoms with Crippen LogP contribution in [-0.4, -0.2) is 26.4 Å². The van der Waals surface area contributed by atoms with E-state index in [4.69, 9.17) is 9.47 Å². The number of hydrogen-bond acceptors (Lipinski definition) is 3. The molecular formula is C18H29NO2. The molecule has 118 valence electrons. The maximum Gasteiger partial charge on any atom is 0.119 e. The first-order valence-corrected chi connectivity index (χ1v) is 8.17. The molecule has 3 nitrogen and oxygen atoms in total. The van der Waals surface area contributed by atoms with Gasteiger partial charge in [-0.3, -0.25) is 0 Å². The third kappa shape index (κ3) is 4.21. The molecule has 1 aromatic carbocycles. The fourth-order valence-corrected chi connectivity index (χ4v) is 3.05. The number of ether oxygens (including phenoxy) is 2. The summed E-state index contributed by atoms with van der Waals surface area (Å²) in [6.45, 7) is 8.48. The number of benzene rings is 1. The Morgan fingerprint density at radius 2 is 2.14 bits per heavy atom. The second-order valence-electron chi connectivity index (χ2n) is 6.25. The van der Waals surface area contributed by atoms with Crippen LogP contribution < -0.4 is 10.1 Å². The van der Waals surface area contributed by atoms with E-state index in [1.165, 1.54) is 17.5 Å². The van der Waals surface area contributed by atoms with Gasteiger partial charge in [0, 0.05) is 13.0 Å². The molecule has 21 heavy (non-hydrogen) atoms. The molecule has 2 rings (SSSR count). The Balaban J connectivity index is 1.99. The molecule has 1 aliphatic rings. The Morgan fingerprint density at radius 3 is 2.81 bits per heavy atom. The number of nitrogens with one attached hydrogen (secondary N) is 1. The van der Waals surface area contributed by atoms with Gasteiger partial charge in [-0.1, -0.05) is 26.8 Å². The second-order valence-corrected chi connectivity index (χ2v) is 6.25. The van der Waals surface area contributed by atoms with Crippen molar-refractivity contribution in [1.82, 2.24) is 5.32 Å². The summed E-state index contributed by atoms with van der Waals surface area (Å²) in [6, 6.07) is 6.66. The summed E-state index contributed by atoms with van der Waals surface area (Å²) < 4.78 is 11.5. The Bertz CT molecular complexity index is 445. The summed E-state index contributed by atoms with van der Waals surface area (Å²) in [5, 5.41) is 3.57. The van der Waals surface area contributed by atoms with Crippen LogP contribution in [0.15, 0.2) is 18.2 Å². The first kappa shape index (κ1) is 16.3. The van der Waals surface area contributed by atoms with E-state index in [9.17, 15) is 0 Å². The van der Waals surface area contributed by atoms with Crippen molar-refractivity contribution in [3.8, 4) is 5.75 Å². The van der Waals surface area contributed by atoms with Gasteiger partial charge in [-0.25, -0.2) is 0 Å². The molecule has 0 aromatic heterocycles. The number of likely N-dealkylation sites (N-methyl/N-ethyl adjacent to an activating group) is 1. The fourth-order valence-electron chi connectivity index (χ4n) is 3.05. The average Bonchev–Trinajstić information content (AvgIpc) is 2.81. The highest BCUT2D eigenvalue weighted by Gasteiger charge is 2.32. The van der Waals surface area contributed by atoms with E-state index in [0.29, 0.717) is 6.04 Å². The fraction of sp³-hybridized carbons (Fsp3) is 0.667. The maximum absolute atomic E-state index is 6.17. The van der Waals surface area contributed by atoms with Crippen LogP contribution in [-0.2, 0) is 11.2 Å². The summed E-state index contributed by atoms with van der Waals surface area (Å²) in [6.07, 6.45) is 3.63. The van der Waals surface area contributed by atoms with Gasteiger partial charge in [0.05, 0.1) is 19.3 Å². The van der Waals surface area contributed by atoms with Crippen LogP contribution in [0, 0.1) is 5.92 Å². The molecule has 0 spiro atoms. The summed E-state index contributed by atoms with van der Waals surface area (Å²) in [4.78, 5) is 0. The molecule has 0 saturated carbocycles. The number of hydrogen-bond donors (Lipinski definition) is 1. The van der Waals surface area contributed by atoms with Crippen molar-refractivity contribution in [2.24, 2.45) is 5.92 Å². The Labute approximate surface area is 129 Å². The topological polar surface area (TPSA) is 30.5 Å². The third-order valence-electron chi connectivity index (χ3n) is 4.16. The van der Waals surface area contributed by atoms with Gasteiger partial charge in [-0.05, 0) is 48.6 Å². The van der Waals surface area contributed by atoms with Gasteiger partial charge in [0.15, 0.2) is 0 Å². The summed E-state index contributed by atoms with van der Waals surface area (Å²) in [5.41, 5.74) is 2.72. The molecular weight excluding hydrogens is 262 g/mol. The van der Waals surface area contributed by atoms with Gasteiger partial charge in [-0.15, -0.1) is 0 Å². The predicted octanol–water partition coefficient (Wildman–Crippen LogP) is 3.72. The van der Waals surface area contributed by atoms with Crippen molar-refractivity contribution in [3.63, 3.8) is 0 Å². The molecule has 3 heteroatoms. The van der Waals surface area contributed by atoms with Crippen LogP contribution in [0.1, 0.15) is 50.8 Å². The van der Waals surface area contributed by atoms with Gasteiger partial charge >= 0.3 is 0 Å². The quantitative estimate of drug-likeness (QED) is 0.740. The molecule has 1 aliphatic carbocycles. The van der Waals surface area contributed by atoms with Crippen molar-refractivity contribution >= 4 is 0 Å². The zero-order chi connectivity index (χ0) is 15.2. The SMILES string of the molecule is CCNC1c2cc(OC)ccc2CC1OCCCC(C)C.